The van der Waals surface area contributed by atoms with Crippen LogP contribution in [0.25, 0.3) is 0 Å². The van der Waals surface area contributed by atoms with Crippen molar-refractivity contribution >= 4 is 0 Å². The number of hydrogen-bond acceptors (Lipinski definition) is 4. The molecule has 1 unspecified atom stereocenters. The van der Waals surface area contributed by atoms with E-state index in [9.17, 15) is 0 Å². The zero-order chi connectivity index (χ0) is 13.7. The van der Waals surface area contributed by atoms with Crippen molar-refractivity contribution in [2.24, 2.45) is 0 Å². The van der Waals surface area contributed by atoms with Gasteiger partial charge in [0, 0.05) is 31.7 Å². The van der Waals surface area contributed by atoms with Gasteiger partial charge in [0.05, 0.1) is 12.7 Å². The van der Waals surface area contributed by atoms with Gasteiger partial charge in [0.15, 0.2) is 0 Å². The van der Waals surface area contributed by atoms with Crippen LogP contribution >= 0.6 is 0 Å². The predicted octanol–water partition coefficient (Wildman–Crippen LogP) is 1.17. The van der Waals surface area contributed by atoms with Crippen molar-refractivity contribution in [2.45, 2.75) is 44.8 Å². The Morgan fingerprint density at radius 1 is 1.26 bits per heavy atom. The van der Waals surface area contributed by atoms with Crippen molar-refractivity contribution in [3.8, 4) is 0 Å². The quantitative estimate of drug-likeness (QED) is 0.829. The van der Waals surface area contributed by atoms with Crippen LogP contribution in [0.4, 0.5) is 0 Å². The maximum atomic E-state index is 5.92. The predicted molar refractivity (Wildman–Crippen MR) is 79.6 cm³/mol. The maximum Gasteiger partial charge on any atom is 0.0829 e. The van der Waals surface area contributed by atoms with Crippen LogP contribution in [0.3, 0.4) is 0 Å². The number of rotatable bonds is 4. The smallest absolute Gasteiger partial charge is 0.0829 e. The van der Waals surface area contributed by atoms with E-state index in [2.05, 4.69) is 36.0 Å². The number of nitrogens with one attached hydrogen (secondary N) is 1. The third-order valence-corrected chi connectivity index (χ3v) is 4.83. The molecule has 4 nitrogen and oxygen atoms in total. The number of likely N-dealkylation sites (N-methyl/N-ethyl adjacent to an activating group) is 1. The van der Waals surface area contributed by atoms with Gasteiger partial charge in [-0.15, -0.1) is 0 Å². The van der Waals surface area contributed by atoms with E-state index in [0.29, 0.717) is 11.6 Å². The largest absolute Gasteiger partial charge is 0.374 e. The molecule has 2 fully saturated rings. The van der Waals surface area contributed by atoms with E-state index in [1.54, 1.807) is 0 Å². The first kappa shape index (κ1) is 15.2. The van der Waals surface area contributed by atoms with Crippen LogP contribution in [0.1, 0.15) is 33.1 Å². The second-order valence-electron chi connectivity index (χ2n) is 6.26. The van der Waals surface area contributed by atoms with Crippen LogP contribution in [-0.2, 0) is 4.74 Å². The summed E-state index contributed by atoms with van der Waals surface area (Å²) in [6.07, 6.45) is 4.07. The highest BCUT2D eigenvalue weighted by molar-refractivity contribution is 4.92. The molecule has 1 N–H and O–H groups in total. The first-order chi connectivity index (χ1) is 9.17. The molecule has 1 atom stereocenters. The molecule has 112 valence electrons. The van der Waals surface area contributed by atoms with Crippen LogP contribution in [-0.4, -0.2) is 74.4 Å². The standard InChI is InChI=1S/C15H31N3O/c1-4-15(5-2)13-18(8-6-7-16-15)12-14-11-17(3)9-10-19-14/h14,16H,4-13H2,1-3H3. The Labute approximate surface area is 118 Å². The molecule has 0 aliphatic carbocycles. The molecule has 0 aromatic rings. The highest BCUT2D eigenvalue weighted by atomic mass is 16.5. The molecule has 0 bridgehead atoms. The van der Waals surface area contributed by atoms with Crippen LogP contribution in [0.2, 0.25) is 0 Å². The molecule has 2 rings (SSSR count). The van der Waals surface area contributed by atoms with E-state index < -0.39 is 0 Å². The van der Waals surface area contributed by atoms with E-state index in [0.717, 1.165) is 32.8 Å². The molecule has 0 saturated carbocycles. The lowest BCUT2D eigenvalue weighted by Gasteiger charge is -2.38. The van der Waals surface area contributed by atoms with Crippen molar-refractivity contribution in [1.29, 1.82) is 0 Å². The van der Waals surface area contributed by atoms with Gasteiger partial charge in [-0.25, -0.2) is 0 Å². The van der Waals surface area contributed by atoms with Crippen LogP contribution in [0, 0.1) is 0 Å². The van der Waals surface area contributed by atoms with Crippen molar-refractivity contribution < 1.29 is 4.74 Å². The zero-order valence-electron chi connectivity index (χ0n) is 13.0. The molecule has 2 aliphatic rings. The molecule has 0 aromatic heterocycles. The molecule has 0 amide bonds. The second kappa shape index (κ2) is 7.02. The van der Waals surface area contributed by atoms with E-state index in [1.807, 2.05) is 0 Å². The normalized spacial score (nSPS) is 30.2. The molecule has 2 saturated heterocycles. The lowest BCUT2D eigenvalue weighted by molar-refractivity contribution is -0.0375. The van der Waals surface area contributed by atoms with Crippen molar-refractivity contribution in [1.82, 2.24) is 15.1 Å². The molecular weight excluding hydrogens is 238 g/mol. The van der Waals surface area contributed by atoms with Gasteiger partial charge in [-0.2, -0.15) is 0 Å². The summed E-state index contributed by atoms with van der Waals surface area (Å²) in [5.41, 5.74) is 0.317. The third kappa shape index (κ3) is 4.15. The summed E-state index contributed by atoms with van der Waals surface area (Å²) < 4.78 is 5.92. The first-order valence-corrected chi connectivity index (χ1v) is 7.95. The van der Waals surface area contributed by atoms with Crippen LogP contribution < -0.4 is 5.32 Å². The van der Waals surface area contributed by atoms with Gasteiger partial charge in [0.1, 0.15) is 0 Å². The third-order valence-electron chi connectivity index (χ3n) is 4.83. The number of morpholine rings is 1. The summed E-state index contributed by atoms with van der Waals surface area (Å²) in [5.74, 6) is 0. The van der Waals surface area contributed by atoms with Gasteiger partial charge in [-0.05, 0) is 39.4 Å². The topological polar surface area (TPSA) is 27.7 Å². The van der Waals surface area contributed by atoms with Crippen molar-refractivity contribution in [3.05, 3.63) is 0 Å². The molecule has 0 radical (unpaired) electrons. The Morgan fingerprint density at radius 3 is 2.74 bits per heavy atom. The fourth-order valence-corrected chi connectivity index (χ4v) is 3.36. The number of hydrogen-bond donors (Lipinski definition) is 1. The summed E-state index contributed by atoms with van der Waals surface area (Å²) in [5, 5.41) is 3.78. The monoisotopic (exact) mass is 269 g/mol. The van der Waals surface area contributed by atoms with Crippen LogP contribution in [0.5, 0.6) is 0 Å². The molecule has 4 heteroatoms. The van der Waals surface area contributed by atoms with Gasteiger partial charge >= 0.3 is 0 Å². The van der Waals surface area contributed by atoms with E-state index in [-0.39, 0.29) is 0 Å². The minimum absolute atomic E-state index is 0.317. The molecule has 2 heterocycles. The minimum atomic E-state index is 0.317. The maximum absolute atomic E-state index is 5.92. The SMILES string of the molecule is CCC1(CC)CN(CC2CN(C)CCO2)CCCN1. The number of nitrogens with zero attached hydrogens (tertiary/aromatic N) is 2. The molecular formula is C15H31N3O. The molecule has 0 spiro atoms. The molecule has 19 heavy (non-hydrogen) atoms. The fourth-order valence-electron chi connectivity index (χ4n) is 3.36. The summed E-state index contributed by atoms with van der Waals surface area (Å²) in [7, 11) is 2.20. The van der Waals surface area contributed by atoms with Crippen LogP contribution in [0.15, 0.2) is 0 Å². The van der Waals surface area contributed by atoms with E-state index >= 15 is 0 Å². The fraction of sp³-hybridized carbons (Fsp3) is 1.00. The lowest BCUT2D eigenvalue weighted by Crippen LogP contribution is -2.53. The van der Waals surface area contributed by atoms with Gasteiger partial charge in [0.2, 0.25) is 0 Å². The van der Waals surface area contributed by atoms with Gasteiger partial charge < -0.3 is 15.0 Å². The Kier molecular flexibility index (Phi) is 5.63. The summed E-state index contributed by atoms with van der Waals surface area (Å²) >= 11 is 0. The Morgan fingerprint density at radius 2 is 2.05 bits per heavy atom. The average molecular weight is 269 g/mol. The molecule has 0 aromatic carbocycles. The summed E-state index contributed by atoms with van der Waals surface area (Å²) in [6, 6.07) is 0. The summed E-state index contributed by atoms with van der Waals surface area (Å²) in [4.78, 5) is 5.01. The average Bonchev–Trinajstić information content (AvgIpc) is 2.62. The van der Waals surface area contributed by atoms with Crippen molar-refractivity contribution in [2.75, 3.05) is 52.9 Å². The highest BCUT2D eigenvalue weighted by Gasteiger charge is 2.31. The van der Waals surface area contributed by atoms with E-state index in [1.165, 1.54) is 32.4 Å². The van der Waals surface area contributed by atoms with E-state index in [4.69, 9.17) is 4.74 Å². The van der Waals surface area contributed by atoms with Gasteiger partial charge in [-0.3, -0.25) is 4.90 Å². The lowest BCUT2D eigenvalue weighted by atomic mass is 9.92. The molecule has 2 aliphatic heterocycles. The summed E-state index contributed by atoms with van der Waals surface area (Å²) in [6.45, 7) is 12.3. The van der Waals surface area contributed by atoms with Crippen molar-refractivity contribution in [3.63, 3.8) is 0 Å². The number of ether oxygens (including phenoxy) is 1. The van der Waals surface area contributed by atoms with Gasteiger partial charge in [0.25, 0.3) is 0 Å². The Balaban J connectivity index is 1.91. The zero-order valence-corrected chi connectivity index (χ0v) is 13.0. The Hall–Kier alpha value is -0.160. The first-order valence-electron chi connectivity index (χ1n) is 7.95. The second-order valence-corrected chi connectivity index (χ2v) is 6.26. The van der Waals surface area contributed by atoms with Gasteiger partial charge in [-0.1, -0.05) is 13.8 Å². The minimum Gasteiger partial charge on any atom is -0.374 e. The Bertz CT molecular complexity index is 268. The highest BCUT2D eigenvalue weighted by Crippen LogP contribution is 2.20.